The van der Waals surface area contributed by atoms with Gasteiger partial charge >= 0.3 is 0 Å². The van der Waals surface area contributed by atoms with Gasteiger partial charge < -0.3 is 15.0 Å². The average Bonchev–Trinajstić information content (AvgIpc) is 3.11. The van der Waals surface area contributed by atoms with Crippen LogP contribution in [0.1, 0.15) is 52.6 Å². The van der Waals surface area contributed by atoms with Gasteiger partial charge in [-0.2, -0.15) is 0 Å². The number of carbonyl (C=O) groups is 1. The van der Waals surface area contributed by atoms with Crippen LogP contribution in [0.2, 0.25) is 0 Å². The van der Waals surface area contributed by atoms with Crippen LogP contribution in [-0.4, -0.2) is 32.1 Å². The highest BCUT2D eigenvalue weighted by molar-refractivity contribution is 5.96. The van der Waals surface area contributed by atoms with Crippen molar-refractivity contribution in [2.75, 3.05) is 6.61 Å². The summed E-state index contributed by atoms with van der Waals surface area (Å²) in [6, 6.07) is 8.76. The number of nitrogens with zero attached hydrogens (tertiary/aromatic N) is 3. The SMILES string of the molecule is CC(C)c1c(C(=O)NCc2cc(F)cc([N+](=O)[O-])c2)cc(CCO)n1Cc1cccnc1. The van der Waals surface area contributed by atoms with Gasteiger partial charge in [0, 0.05) is 56.0 Å². The Kier molecular flexibility index (Phi) is 7.32. The Balaban J connectivity index is 1.90. The molecule has 0 aliphatic rings. The van der Waals surface area contributed by atoms with E-state index in [-0.39, 0.29) is 30.7 Å². The van der Waals surface area contributed by atoms with Crippen LogP contribution in [0.4, 0.5) is 10.1 Å². The molecule has 0 spiro atoms. The Hall–Kier alpha value is -3.59. The normalized spacial score (nSPS) is 11.0. The molecule has 0 bridgehead atoms. The van der Waals surface area contributed by atoms with Crippen molar-refractivity contribution in [3.8, 4) is 0 Å². The molecule has 168 valence electrons. The Morgan fingerprint density at radius 3 is 2.69 bits per heavy atom. The van der Waals surface area contributed by atoms with Crippen LogP contribution in [0.25, 0.3) is 0 Å². The van der Waals surface area contributed by atoms with Gasteiger partial charge in [-0.1, -0.05) is 19.9 Å². The predicted octanol–water partition coefficient (Wildman–Crippen LogP) is 3.57. The summed E-state index contributed by atoms with van der Waals surface area (Å²) in [7, 11) is 0. The van der Waals surface area contributed by atoms with Crippen LogP contribution < -0.4 is 5.32 Å². The van der Waals surface area contributed by atoms with Crippen LogP contribution in [-0.2, 0) is 19.5 Å². The largest absolute Gasteiger partial charge is 0.396 e. The molecule has 1 amide bonds. The molecule has 0 saturated carbocycles. The number of amides is 1. The maximum Gasteiger partial charge on any atom is 0.272 e. The molecule has 0 radical (unpaired) electrons. The Labute approximate surface area is 184 Å². The fourth-order valence-electron chi connectivity index (χ4n) is 3.72. The molecule has 0 saturated heterocycles. The van der Waals surface area contributed by atoms with Gasteiger partial charge in [0.15, 0.2) is 0 Å². The van der Waals surface area contributed by atoms with Crippen molar-refractivity contribution in [2.24, 2.45) is 0 Å². The Morgan fingerprint density at radius 2 is 2.06 bits per heavy atom. The van der Waals surface area contributed by atoms with E-state index in [2.05, 4.69) is 10.3 Å². The number of pyridine rings is 1. The monoisotopic (exact) mass is 440 g/mol. The fraction of sp³-hybridized carbons (Fsp3) is 0.304. The quantitative estimate of drug-likeness (QED) is 0.390. The van der Waals surface area contributed by atoms with Crippen LogP contribution in [0.5, 0.6) is 0 Å². The molecule has 2 aromatic heterocycles. The molecular weight excluding hydrogens is 415 g/mol. The van der Waals surface area contributed by atoms with E-state index in [1.807, 2.05) is 30.5 Å². The number of halogens is 1. The number of aliphatic hydroxyl groups excluding tert-OH is 1. The van der Waals surface area contributed by atoms with Crippen molar-refractivity contribution in [1.29, 1.82) is 0 Å². The number of nitro benzene ring substituents is 1. The van der Waals surface area contributed by atoms with E-state index < -0.39 is 10.7 Å². The summed E-state index contributed by atoms with van der Waals surface area (Å²) in [4.78, 5) is 27.5. The zero-order valence-electron chi connectivity index (χ0n) is 17.9. The lowest BCUT2D eigenvalue weighted by Gasteiger charge is -2.17. The topological polar surface area (TPSA) is 110 Å². The first kappa shape index (κ1) is 23.1. The number of aromatic nitrogens is 2. The third-order valence-electron chi connectivity index (χ3n) is 5.05. The summed E-state index contributed by atoms with van der Waals surface area (Å²) in [5.74, 6) is -1.10. The molecule has 0 fully saturated rings. The number of hydrogen-bond donors (Lipinski definition) is 2. The van der Waals surface area contributed by atoms with Crippen LogP contribution in [0.3, 0.4) is 0 Å². The minimum atomic E-state index is -0.737. The lowest BCUT2D eigenvalue weighted by Crippen LogP contribution is -2.24. The second-order valence-electron chi connectivity index (χ2n) is 7.77. The summed E-state index contributed by atoms with van der Waals surface area (Å²) in [6.45, 7) is 4.33. The van der Waals surface area contributed by atoms with E-state index in [4.69, 9.17) is 0 Å². The second-order valence-corrected chi connectivity index (χ2v) is 7.77. The lowest BCUT2D eigenvalue weighted by molar-refractivity contribution is -0.385. The number of nitrogens with one attached hydrogen (secondary N) is 1. The maximum absolute atomic E-state index is 13.7. The summed E-state index contributed by atoms with van der Waals surface area (Å²) < 4.78 is 15.7. The van der Waals surface area contributed by atoms with Crippen molar-refractivity contribution >= 4 is 11.6 Å². The van der Waals surface area contributed by atoms with E-state index in [0.29, 0.717) is 24.1 Å². The molecule has 1 aromatic carbocycles. The van der Waals surface area contributed by atoms with Gasteiger partial charge in [-0.15, -0.1) is 0 Å². The highest BCUT2D eigenvalue weighted by Crippen LogP contribution is 2.26. The standard InChI is InChI=1S/C23H25FN4O4/c1-15(2)22-21(11-19(5-7-29)27(22)14-16-4-3-6-25-12-16)23(30)26-13-17-8-18(24)10-20(9-17)28(31)32/h3-4,6,8-12,15,29H,5,7,13-14H2,1-2H3,(H,26,30). The van der Waals surface area contributed by atoms with Crippen molar-refractivity contribution in [3.63, 3.8) is 0 Å². The Bertz CT molecular complexity index is 1110. The van der Waals surface area contributed by atoms with E-state index in [9.17, 15) is 24.4 Å². The van der Waals surface area contributed by atoms with Crippen molar-refractivity contribution in [3.05, 3.63) is 92.8 Å². The molecule has 9 heteroatoms. The zero-order valence-corrected chi connectivity index (χ0v) is 17.9. The van der Waals surface area contributed by atoms with E-state index in [1.165, 1.54) is 6.07 Å². The molecule has 0 aliphatic heterocycles. The third kappa shape index (κ3) is 5.36. The molecule has 32 heavy (non-hydrogen) atoms. The number of benzene rings is 1. The fourth-order valence-corrected chi connectivity index (χ4v) is 3.72. The third-order valence-corrected chi connectivity index (χ3v) is 5.05. The highest BCUT2D eigenvalue weighted by atomic mass is 19.1. The minimum absolute atomic E-state index is 0.00937. The summed E-state index contributed by atoms with van der Waals surface area (Å²) in [5, 5.41) is 23.2. The number of non-ortho nitro benzene ring substituents is 1. The van der Waals surface area contributed by atoms with Crippen molar-refractivity contribution in [2.45, 2.75) is 39.3 Å². The first-order valence-corrected chi connectivity index (χ1v) is 10.2. The summed E-state index contributed by atoms with van der Waals surface area (Å²) in [5.41, 5.74) is 2.96. The van der Waals surface area contributed by atoms with Crippen LogP contribution >= 0.6 is 0 Å². The average molecular weight is 440 g/mol. The van der Waals surface area contributed by atoms with E-state index >= 15 is 0 Å². The van der Waals surface area contributed by atoms with E-state index in [0.717, 1.165) is 29.1 Å². The first-order chi connectivity index (χ1) is 15.3. The van der Waals surface area contributed by atoms with Gasteiger partial charge in [-0.3, -0.25) is 19.9 Å². The molecule has 2 N–H and O–H groups in total. The predicted molar refractivity (Wildman–Crippen MR) is 117 cm³/mol. The number of nitro groups is 1. The lowest BCUT2D eigenvalue weighted by atomic mass is 10.0. The van der Waals surface area contributed by atoms with Crippen molar-refractivity contribution < 1.29 is 19.2 Å². The number of hydrogen-bond acceptors (Lipinski definition) is 5. The number of aliphatic hydroxyl groups is 1. The van der Waals surface area contributed by atoms with Crippen LogP contribution in [0.15, 0.2) is 48.8 Å². The molecule has 3 rings (SSSR count). The number of carbonyl (C=O) groups excluding carboxylic acids is 1. The van der Waals surface area contributed by atoms with E-state index in [1.54, 1.807) is 18.5 Å². The van der Waals surface area contributed by atoms with Gasteiger partial charge in [0.1, 0.15) is 5.82 Å². The maximum atomic E-state index is 13.7. The molecule has 0 unspecified atom stereocenters. The zero-order chi connectivity index (χ0) is 23.3. The van der Waals surface area contributed by atoms with Gasteiger partial charge in [-0.25, -0.2) is 4.39 Å². The highest BCUT2D eigenvalue weighted by Gasteiger charge is 2.22. The molecule has 2 heterocycles. The van der Waals surface area contributed by atoms with Crippen LogP contribution in [0, 0.1) is 15.9 Å². The van der Waals surface area contributed by atoms with Gasteiger partial charge in [-0.05, 0) is 35.2 Å². The molecular formula is C23H25FN4O4. The van der Waals surface area contributed by atoms with Crippen molar-refractivity contribution in [1.82, 2.24) is 14.9 Å². The summed E-state index contributed by atoms with van der Waals surface area (Å²) in [6.07, 6.45) is 3.82. The second kappa shape index (κ2) is 10.1. The molecule has 0 atom stereocenters. The smallest absolute Gasteiger partial charge is 0.272 e. The first-order valence-electron chi connectivity index (χ1n) is 10.2. The minimum Gasteiger partial charge on any atom is -0.396 e. The summed E-state index contributed by atoms with van der Waals surface area (Å²) >= 11 is 0. The van der Waals surface area contributed by atoms with Gasteiger partial charge in [0.05, 0.1) is 16.6 Å². The molecule has 8 nitrogen and oxygen atoms in total. The Morgan fingerprint density at radius 1 is 1.28 bits per heavy atom. The molecule has 3 aromatic rings. The van der Waals surface area contributed by atoms with Gasteiger partial charge in [0.25, 0.3) is 11.6 Å². The molecule has 0 aliphatic carbocycles. The van der Waals surface area contributed by atoms with Gasteiger partial charge in [0.2, 0.25) is 0 Å². The number of rotatable bonds is 9.